The maximum Gasteiger partial charge on any atom is 0.271 e. The van der Waals surface area contributed by atoms with E-state index in [0.717, 1.165) is 26.2 Å². The van der Waals surface area contributed by atoms with Gasteiger partial charge in [-0.15, -0.1) is 11.3 Å². The largest absolute Gasteiger partial charge is 0.342 e. The number of aromatic amines is 1. The van der Waals surface area contributed by atoms with Gasteiger partial charge in [-0.2, -0.15) is 0 Å². The highest BCUT2D eigenvalue weighted by Crippen LogP contribution is 2.31. The summed E-state index contributed by atoms with van der Waals surface area (Å²) in [5, 5.41) is 0. The normalized spacial score (nSPS) is 12.0. The molecule has 8 heteroatoms. The Morgan fingerprint density at radius 1 is 1.29 bits per heavy atom. The van der Waals surface area contributed by atoms with Crippen LogP contribution < -0.4 is 4.72 Å². The lowest BCUT2D eigenvalue weighted by Gasteiger charge is -2.05. The Morgan fingerprint density at radius 2 is 2.05 bits per heavy atom. The third kappa shape index (κ3) is 2.83. The van der Waals surface area contributed by atoms with Crippen LogP contribution in [-0.2, 0) is 10.0 Å². The number of fused-ring (bicyclic) bond motifs is 1. The smallest absolute Gasteiger partial charge is 0.271 e. The van der Waals surface area contributed by atoms with Gasteiger partial charge in [0.25, 0.3) is 10.0 Å². The van der Waals surface area contributed by atoms with Crippen molar-refractivity contribution >= 4 is 54.0 Å². The Morgan fingerprint density at radius 3 is 2.71 bits per heavy atom. The van der Waals surface area contributed by atoms with Gasteiger partial charge in [0.2, 0.25) is 0 Å². The van der Waals surface area contributed by atoms with Crippen LogP contribution in [0.1, 0.15) is 11.4 Å². The van der Waals surface area contributed by atoms with Crippen LogP contribution in [-0.4, -0.2) is 18.4 Å². The number of hydrogen-bond acceptors (Lipinski definition) is 4. The number of aromatic nitrogens is 2. The van der Waals surface area contributed by atoms with Gasteiger partial charge in [-0.1, -0.05) is 0 Å². The quantitative estimate of drug-likeness (QED) is 0.719. The number of halogens is 1. The summed E-state index contributed by atoms with van der Waals surface area (Å²) < 4.78 is 28.4. The molecular formula is C13H12BrN3O2S2. The first-order valence-corrected chi connectivity index (χ1v) is 9.19. The minimum Gasteiger partial charge on any atom is -0.342 e. The third-order valence-electron chi connectivity index (χ3n) is 2.95. The summed E-state index contributed by atoms with van der Waals surface area (Å²) in [6.45, 7) is 3.72. The molecule has 2 aromatic heterocycles. The molecule has 1 aromatic carbocycles. The molecule has 0 spiro atoms. The molecule has 0 aliphatic heterocycles. The number of anilines is 1. The fraction of sp³-hybridized carbons (Fsp3) is 0.154. The molecule has 3 aromatic rings. The molecular weight excluding hydrogens is 374 g/mol. The molecule has 2 heterocycles. The van der Waals surface area contributed by atoms with Gasteiger partial charge in [-0.05, 0) is 59.6 Å². The summed E-state index contributed by atoms with van der Waals surface area (Å²) in [5.41, 5.74) is 3.02. The van der Waals surface area contributed by atoms with E-state index in [1.165, 1.54) is 11.3 Å². The minimum absolute atomic E-state index is 0.285. The zero-order valence-corrected chi connectivity index (χ0v) is 14.5. The molecule has 0 aliphatic rings. The molecule has 0 saturated carbocycles. The van der Waals surface area contributed by atoms with E-state index in [0.29, 0.717) is 5.69 Å². The first kappa shape index (κ1) is 14.6. The summed E-state index contributed by atoms with van der Waals surface area (Å²) in [4.78, 5) is 7.37. The number of sulfonamides is 1. The van der Waals surface area contributed by atoms with Gasteiger partial charge in [0.15, 0.2) is 0 Å². The average Bonchev–Trinajstić information content (AvgIpc) is 2.91. The molecule has 0 fully saturated rings. The lowest BCUT2D eigenvalue weighted by molar-refractivity contribution is 0.603. The topological polar surface area (TPSA) is 74.8 Å². The van der Waals surface area contributed by atoms with Crippen molar-refractivity contribution in [1.29, 1.82) is 0 Å². The van der Waals surface area contributed by atoms with E-state index in [9.17, 15) is 8.42 Å². The van der Waals surface area contributed by atoms with Crippen molar-refractivity contribution < 1.29 is 8.42 Å². The molecule has 3 rings (SSSR count). The standard InChI is InChI=1S/C13H12BrN3O2S2/c1-7-5-12(20-13(7)14)21(18,19)17-9-3-4-10-11(6-9)16-8(2)15-10/h3-6,17H,1-2H3,(H,15,16). The molecule has 110 valence electrons. The van der Waals surface area contributed by atoms with E-state index in [2.05, 4.69) is 30.6 Å². The molecule has 0 bridgehead atoms. The van der Waals surface area contributed by atoms with E-state index >= 15 is 0 Å². The van der Waals surface area contributed by atoms with Crippen LogP contribution in [0.25, 0.3) is 11.0 Å². The van der Waals surface area contributed by atoms with E-state index in [4.69, 9.17) is 0 Å². The van der Waals surface area contributed by atoms with E-state index < -0.39 is 10.0 Å². The van der Waals surface area contributed by atoms with E-state index in [1.54, 1.807) is 24.3 Å². The van der Waals surface area contributed by atoms with Crippen LogP contribution in [0, 0.1) is 13.8 Å². The number of thiophene rings is 1. The van der Waals surface area contributed by atoms with Crippen molar-refractivity contribution in [3.8, 4) is 0 Å². The molecule has 0 atom stereocenters. The van der Waals surface area contributed by atoms with Crippen LogP contribution >= 0.6 is 27.3 Å². The zero-order chi connectivity index (χ0) is 15.2. The van der Waals surface area contributed by atoms with Gasteiger partial charge in [0.05, 0.1) is 20.5 Å². The predicted molar refractivity (Wildman–Crippen MR) is 88.4 cm³/mol. The minimum atomic E-state index is -3.57. The first-order chi connectivity index (χ1) is 9.85. The fourth-order valence-electron chi connectivity index (χ4n) is 1.97. The molecule has 0 aliphatic carbocycles. The number of H-pyrrole nitrogens is 1. The molecule has 0 saturated heterocycles. The molecule has 0 amide bonds. The number of imidazole rings is 1. The molecule has 0 unspecified atom stereocenters. The summed E-state index contributed by atoms with van der Waals surface area (Å²) >= 11 is 4.54. The van der Waals surface area contributed by atoms with Crippen LogP contribution in [0.3, 0.4) is 0 Å². The summed E-state index contributed by atoms with van der Waals surface area (Å²) in [5.74, 6) is 0.794. The molecule has 0 radical (unpaired) electrons. The number of nitrogens with zero attached hydrogens (tertiary/aromatic N) is 1. The van der Waals surface area contributed by atoms with Gasteiger partial charge < -0.3 is 4.98 Å². The third-order valence-corrected chi connectivity index (χ3v) is 6.94. The van der Waals surface area contributed by atoms with Crippen LogP contribution in [0.15, 0.2) is 32.3 Å². The average molecular weight is 386 g/mol. The highest BCUT2D eigenvalue weighted by atomic mass is 79.9. The Balaban J connectivity index is 1.96. The van der Waals surface area contributed by atoms with Gasteiger partial charge in [0, 0.05) is 0 Å². The van der Waals surface area contributed by atoms with Crippen molar-refractivity contribution in [2.75, 3.05) is 4.72 Å². The van der Waals surface area contributed by atoms with Crippen molar-refractivity contribution in [2.45, 2.75) is 18.1 Å². The lowest BCUT2D eigenvalue weighted by Crippen LogP contribution is -2.11. The molecule has 2 N–H and O–H groups in total. The van der Waals surface area contributed by atoms with Crippen LogP contribution in [0.5, 0.6) is 0 Å². The second-order valence-electron chi connectivity index (χ2n) is 4.68. The van der Waals surface area contributed by atoms with E-state index in [-0.39, 0.29) is 4.21 Å². The van der Waals surface area contributed by atoms with Crippen LogP contribution in [0.4, 0.5) is 5.69 Å². The maximum absolute atomic E-state index is 12.4. The van der Waals surface area contributed by atoms with Crippen molar-refractivity contribution in [2.24, 2.45) is 0 Å². The maximum atomic E-state index is 12.4. The second-order valence-corrected chi connectivity index (χ2v) is 8.96. The highest BCUT2D eigenvalue weighted by Gasteiger charge is 2.18. The number of benzene rings is 1. The molecule has 5 nitrogen and oxygen atoms in total. The van der Waals surface area contributed by atoms with Crippen LogP contribution in [0.2, 0.25) is 0 Å². The Labute approximate surface area is 134 Å². The van der Waals surface area contributed by atoms with Gasteiger partial charge in [-0.25, -0.2) is 13.4 Å². The van der Waals surface area contributed by atoms with E-state index in [1.807, 2.05) is 13.8 Å². The Bertz CT molecular complexity index is 909. The summed E-state index contributed by atoms with van der Waals surface area (Å²) in [7, 11) is -3.57. The summed E-state index contributed by atoms with van der Waals surface area (Å²) in [6, 6.07) is 6.88. The van der Waals surface area contributed by atoms with Gasteiger partial charge >= 0.3 is 0 Å². The zero-order valence-electron chi connectivity index (χ0n) is 11.3. The van der Waals surface area contributed by atoms with Crippen molar-refractivity contribution in [1.82, 2.24) is 9.97 Å². The Kier molecular flexibility index (Phi) is 3.54. The molecule has 21 heavy (non-hydrogen) atoms. The highest BCUT2D eigenvalue weighted by molar-refractivity contribution is 9.11. The Hall–Kier alpha value is -1.38. The first-order valence-electron chi connectivity index (χ1n) is 6.10. The fourth-order valence-corrected chi connectivity index (χ4v) is 5.25. The lowest BCUT2D eigenvalue weighted by atomic mass is 10.3. The van der Waals surface area contributed by atoms with Crippen molar-refractivity contribution in [3.63, 3.8) is 0 Å². The number of nitrogens with one attached hydrogen (secondary N) is 2. The second kappa shape index (κ2) is 5.11. The van der Waals surface area contributed by atoms with Gasteiger partial charge in [-0.3, -0.25) is 4.72 Å². The number of hydrogen-bond donors (Lipinski definition) is 2. The van der Waals surface area contributed by atoms with Gasteiger partial charge in [0.1, 0.15) is 10.0 Å². The number of rotatable bonds is 3. The predicted octanol–water partition coefficient (Wildman–Crippen LogP) is 3.80. The number of aryl methyl sites for hydroxylation is 2. The van der Waals surface area contributed by atoms with Crippen molar-refractivity contribution in [3.05, 3.63) is 39.4 Å². The monoisotopic (exact) mass is 385 g/mol. The summed E-state index contributed by atoms with van der Waals surface area (Å²) in [6.07, 6.45) is 0. The SMILES string of the molecule is Cc1nc2ccc(NS(=O)(=O)c3cc(C)c(Br)s3)cc2[nH]1.